The maximum Gasteiger partial charge on any atom is 0.0897 e. The number of thiazole rings is 1. The zero-order valence-electron chi connectivity index (χ0n) is 11.1. The molecule has 2 atom stereocenters. The van der Waals surface area contributed by atoms with Crippen molar-refractivity contribution in [1.29, 1.82) is 0 Å². The molecule has 1 aliphatic heterocycles. The Morgan fingerprint density at radius 2 is 2.41 bits per heavy atom. The van der Waals surface area contributed by atoms with Gasteiger partial charge in [0.1, 0.15) is 0 Å². The van der Waals surface area contributed by atoms with Crippen molar-refractivity contribution in [3.63, 3.8) is 0 Å². The lowest BCUT2D eigenvalue weighted by atomic mass is 10.1. The smallest absolute Gasteiger partial charge is 0.0897 e. The van der Waals surface area contributed by atoms with Crippen molar-refractivity contribution in [1.82, 2.24) is 15.2 Å². The molecular weight excluding hydrogens is 230 g/mol. The molecule has 17 heavy (non-hydrogen) atoms. The van der Waals surface area contributed by atoms with Gasteiger partial charge in [0.05, 0.1) is 10.7 Å². The number of nitrogens with zero attached hydrogens (tertiary/aromatic N) is 2. The van der Waals surface area contributed by atoms with Gasteiger partial charge in [-0.2, -0.15) is 0 Å². The summed E-state index contributed by atoms with van der Waals surface area (Å²) in [7, 11) is 0. The fourth-order valence-electron chi connectivity index (χ4n) is 2.36. The Labute approximate surface area is 108 Å². The quantitative estimate of drug-likeness (QED) is 0.890. The predicted molar refractivity (Wildman–Crippen MR) is 73.7 cm³/mol. The molecule has 0 radical (unpaired) electrons. The highest BCUT2D eigenvalue weighted by molar-refractivity contribution is 7.09. The number of hydrogen-bond donors (Lipinski definition) is 1. The number of hydrogen-bond acceptors (Lipinski definition) is 4. The minimum absolute atomic E-state index is 0.650. The molecule has 0 bridgehead atoms. The zero-order valence-corrected chi connectivity index (χ0v) is 11.9. The van der Waals surface area contributed by atoms with E-state index < -0.39 is 0 Å². The molecule has 1 saturated heterocycles. The maximum absolute atomic E-state index is 4.54. The van der Waals surface area contributed by atoms with Gasteiger partial charge < -0.3 is 5.32 Å². The van der Waals surface area contributed by atoms with E-state index in [1.165, 1.54) is 23.7 Å². The first-order valence-electron chi connectivity index (χ1n) is 6.57. The summed E-state index contributed by atoms with van der Waals surface area (Å²) in [6.07, 6.45) is 2.31. The second-order valence-electron chi connectivity index (χ2n) is 4.97. The molecule has 0 saturated carbocycles. The lowest BCUT2D eigenvalue weighted by molar-refractivity contribution is 0.140. The highest BCUT2D eigenvalue weighted by Crippen LogP contribution is 2.12. The molecule has 3 nitrogen and oxygen atoms in total. The second kappa shape index (κ2) is 5.94. The zero-order chi connectivity index (χ0) is 12.3. The van der Waals surface area contributed by atoms with Crippen LogP contribution in [0.1, 0.15) is 31.0 Å². The Morgan fingerprint density at radius 1 is 1.59 bits per heavy atom. The van der Waals surface area contributed by atoms with Crippen LogP contribution in [0.15, 0.2) is 5.38 Å². The largest absolute Gasteiger partial charge is 0.311 e. The van der Waals surface area contributed by atoms with Crippen molar-refractivity contribution in [3.8, 4) is 0 Å². The van der Waals surface area contributed by atoms with Gasteiger partial charge in [0, 0.05) is 43.5 Å². The highest BCUT2D eigenvalue weighted by Gasteiger charge is 2.23. The van der Waals surface area contributed by atoms with E-state index in [0.29, 0.717) is 12.1 Å². The fraction of sp³-hybridized carbons (Fsp3) is 0.769. The Kier molecular flexibility index (Phi) is 4.54. The van der Waals surface area contributed by atoms with Crippen LogP contribution in [-0.2, 0) is 6.42 Å². The lowest BCUT2D eigenvalue weighted by Gasteiger charge is -2.38. The third-order valence-corrected chi connectivity index (χ3v) is 4.42. The van der Waals surface area contributed by atoms with E-state index in [2.05, 4.69) is 41.4 Å². The highest BCUT2D eigenvalue weighted by atomic mass is 32.1. The van der Waals surface area contributed by atoms with Gasteiger partial charge in [0.25, 0.3) is 0 Å². The van der Waals surface area contributed by atoms with Crippen LogP contribution >= 0.6 is 11.3 Å². The van der Waals surface area contributed by atoms with Crippen molar-refractivity contribution >= 4 is 11.3 Å². The molecule has 0 spiro atoms. The van der Waals surface area contributed by atoms with Crippen LogP contribution in [-0.4, -0.2) is 41.6 Å². The van der Waals surface area contributed by atoms with Crippen LogP contribution in [0.3, 0.4) is 0 Å². The van der Waals surface area contributed by atoms with E-state index in [9.17, 15) is 0 Å². The van der Waals surface area contributed by atoms with E-state index in [-0.39, 0.29) is 0 Å². The summed E-state index contributed by atoms with van der Waals surface area (Å²) >= 11 is 1.75. The molecular formula is C13H23N3S. The Bertz CT molecular complexity index is 350. The van der Waals surface area contributed by atoms with E-state index in [1.54, 1.807) is 11.3 Å². The molecule has 0 aliphatic carbocycles. The van der Waals surface area contributed by atoms with Crippen molar-refractivity contribution < 1.29 is 0 Å². The summed E-state index contributed by atoms with van der Waals surface area (Å²) < 4.78 is 0. The number of aromatic nitrogens is 1. The monoisotopic (exact) mass is 253 g/mol. The van der Waals surface area contributed by atoms with Gasteiger partial charge in [0.15, 0.2) is 0 Å². The van der Waals surface area contributed by atoms with Crippen LogP contribution in [0.5, 0.6) is 0 Å². The molecule has 2 heterocycles. The Morgan fingerprint density at radius 3 is 3.06 bits per heavy atom. The van der Waals surface area contributed by atoms with Crippen LogP contribution < -0.4 is 5.32 Å². The van der Waals surface area contributed by atoms with E-state index in [0.717, 1.165) is 19.5 Å². The summed E-state index contributed by atoms with van der Waals surface area (Å²) in [4.78, 5) is 7.13. The Balaban J connectivity index is 1.84. The van der Waals surface area contributed by atoms with Gasteiger partial charge in [-0.05, 0) is 20.3 Å². The maximum atomic E-state index is 4.54. The van der Waals surface area contributed by atoms with Crippen molar-refractivity contribution in [2.24, 2.45) is 0 Å². The minimum atomic E-state index is 0.650. The van der Waals surface area contributed by atoms with Crippen LogP contribution in [0, 0.1) is 6.92 Å². The predicted octanol–water partition coefficient (Wildman–Crippen LogP) is 2.07. The van der Waals surface area contributed by atoms with Crippen LogP contribution in [0.2, 0.25) is 0 Å². The third-order valence-electron chi connectivity index (χ3n) is 3.59. The molecule has 4 heteroatoms. The number of rotatable bonds is 4. The first-order chi connectivity index (χ1) is 8.19. The molecule has 1 aromatic heterocycles. The van der Waals surface area contributed by atoms with Gasteiger partial charge in [-0.15, -0.1) is 11.3 Å². The van der Waals surface area contributed by atoms with Crippen molar-refractivity contribution in [2.75, 3.05) is 19.6 Å². The molecule has 96 valence electrons. The second-order valence-corrected chi connectivity index (χ2v) is 6.03. The summed E-state index contributed by atoms with van der Waals surface area (Å²) in [6.45, 7) is 10.1. The number of piperazine rings is 1. The summed E-state index contributed by atoms with van der Waals surface area (Å²) in [5.74, 6) is 0. The standard InChI is InChI=1S/C13H23N3S/c1-4-12-8-16(10(2)7-14-12)6-5-13-9-17-11(3)15-13/h9-10,12,14H,4-8H2,1-3H3. The van der Waals surface area contributed by atoms with Gasteiger partial charge in [-0.3, -0.25) is 4.90 Å². The van der Waals surface area contributed by atoms with Gasteiger partial charge in [-0.25, -0.2) is 4.98 Å². The number of nitrogens with one attached hydrogen (secondary N) is 1. The molecule has 0 aromatic carbocycles. The fourth-order valence-corrected chi connectivity index (χ4v) is 3.01. The van der Waals surface area contributed by atoms with Crippen molar-refractivity contribution in [2.45, 2.75) is 45.7 Å². The molecule has 1 aliphatic rings. The Hall–Kier alpha value is -0.450. The molecule has 1 aromatic rings. The molecule has 2 rings (SSSR count). The first kappa shape index (κ1) is 13.0. The minimum Gasteiger partial charge on any atom is -0.311 e. The van der Waals surface area contributed by atoms with E-state index in [4.69, 9.17) is 0 Å². The normalized spacial score (nSPS) is 26.3. The molecule has 0 amide bonds. The van der Waals surface area contributed by atoms with Gasteiger partial charge in [-0.1, -0.05) is 6.92 Å². The molecule has 1 fully saturated rings. The van der Waals surface area contributed by atoms with Gasteiger partial charge >= 0.3 is 0 Å². The third kappa shape index (κ3) is 3.50. The van der Waals surface area contributed by atoms with Crippen molar-refractivity contribution in [3.05, 3.63) is 16.1 Å². The average molecular weight is 253 g/mol. The summed E-state index contributed by atoms with van der Waals surface area (Å²) in [5.41, 5.74) is 1.26. The number of aryl methyl sites for hydroxylation is 1. The molecule has 1 N–H and O–H groups in total. The van der Waals surface area contributed by atoms with Gasteiger partial charge in [0.2, 0.25) is 0 Å². The molecule has 2 unspecified atom stereocenters. The summed E-state index contributed by atoms with van der Waals surface area (Å²) in [5, 5.41) is 6.97. The SMILES string of the molecule is CCC1CN(CCc2csc(C)n2)C(C)CN1. The first-order valence-corrected chi connectivity index (χ1v) is 7.45. The van der Waals surface area contributed by atoms with E-state index >= 15 is 0 Å². The van der Waals surface area contributed by atoms with Crippen LogP contribution in [0.25, 0.3) is 0 Å². The topological polar surface area (TPSA) is 28.2 Å². The van der Waals surface area contributed by atoms with Crippen LogP contribution in [0.4, 0.5) is 0 Å². The average Bonchev–Trinajstić information content (AvgIpc) is 2.74. The van der Waals surface area contributed by atoms with E-state index in [1.807, 2.05) is 0 Å². The lowest BCUT2D eigenvalue weighted by Crippen LogP contribution is -2.55. The summed E-state index contributed by atoms with van der Waals surface area (Å²) in [6, 6.07) is 1.32.